The molecule has 0 aromatic heterocycles. The third-order valence-electron chi connectivity index (χ3n) is 4.39. The van der Waals surface area contributed by atoms with Gasteiger partial charge in [-0.05, 0) is 48.2 Å². The summed E-state index contributed by atoms with van der Waals surface area (Å²) < 4.78 is 103. The van der Waals surface area contributed by atoms with Crippen molar-refractivity contribution >= 4 is 147 Å². The summed E-state index contributed by atoms with van der Waals surface area (Å²) in [6, 6.07) is 5.27. The van der Waals surface area contributed by atoms with Gasteiger partial charge in [-0.3, -0.25) is 0 Å². The monoisotopic (exact) mass is 660 g/mol. The van der Waals surface area contributed by atoms with Gasteiger partial charge in [-0.2, -0.15) is 5.11 Å². The van der Waals surface area contributed by atoms with E-state index < -0.39 is 62.2 Å². The topological polar surface area (TPSA) is 219 Å². The van der Waals surface area contributed by atoms with E-state index in [1.54, 1.807) is 0 Å². The van der Waals surface area contributed by atoms with Crippen molar-refractivity contribution in [3.8, 4) is 5.75 Å². The third kappa shape index (κ3) is 7.35. The van der Waals surface area contributed by atoms with Gasteiger partial charge in [0.05, 0.1) is 15.5 Å². The van der Waals surface area contributed by atoms with Crippen LogP contribution in [0.3, 0.4) is 0 Å². The maximum absolute atomic E-state index is 12.6. The molecule has 12 nitrogen and oxygen atoms in total. The third-order valence-corrected chi connectivity index (χ3v) is 7.49. The standard InChI is InChI=1S/C17H13ClN2O10S3.Ca.Sr/c1-8-12(18)4-5-13(17(8)33(28,29)30)19-20-15-11-3-2-10(31(22,23)24)6-9(11)7-14(16(15)21)32(25,26)27;;/h2-7,21H,1H3,(H,22,23,24)(H,25,26,27)(H,28,29,30);;/q;2*+2/p-4. The Bertz CT molecular complexity index is 1680. The fourth-order valence-electron chi connectivity index (χ4n) is 2.91. The van der Waals surface area contributed by atoms with Gasteiger partial charge >= 0.3 is 83.2 Å². The van der Waals surface area contributed by atoms with Gasteiger partial charge < -0.3 is 18.8 Å². The second-order valence-electron chi connectivity index (χ2n) is 6.52. The molecule has 0 amide bonds. The van der Waals surface area contributed by atoms with Crippen LogP contribution in [0.2, 0.25) is 5.02 Å². The van der Waals surface area contributed by atoms with Crippen LogP contribution in [-0.2, 0) is 30.4 Å². The number of fused-ring (bicyclic) bond motifs is 1. The number of azo groups is 1. The van der Waals surface area contributed by atoms with Crippen molar-refractivity contribution in [1.29, 1.82) is 0 Å². The van der Waals surface area contributed by atoms with Crippen LogP contribution in [-0.4, -0.2) is 122 Å². The van der Waals surface area contributed by atoms with Gasteiger partial charge in [0.15, 0.2) is 0 Å². The van der Waals surface area contributed by atoms with Crippen LogP contribution >= 0.6 is 11.6 Å². The molecule has 0 unspecified atom stereocenters. The number of hydrogen-bond donors (Lipinski definition) is 0. The van der Waals surface area contributed by atoms with Crippen molar-refractivity contribution in [3.63, 3.8) is 0 Å². The number of halogens is 1. The molecule has 3 aromatic rings. The summed E-state index contributed by atoms with van der Waals surface area (Å²) in [6.45, 7) is 1.22. The maximum Gasteiger partial charge on any atom is 2.00 e. The van der Waals surface area contributed by atoms with Crippen molar-refractivity contribution in [2.45, 2.75) is 21.6 Å². The predicted octanol–water partition coefficient (Wildman–Crippen LogP) is 1.24. The van der Waals surface area contributed by atoms with Crippen LogP contribution in [0.25, 0.3) is 10.8 Å². The number of hydrogen-bond acceptors (Lipinski definition) is 12. The van der Waals surface area contributed by atoms with Crippen LogP contribution < -0.4 is 5.11 Å². The second-order valence-corrected chi connectivity index (χ2v) is 11.0. The first-order valence-corrected chi connectivity index (χ1v) is 13.0. The summed E-state index contributed by atoms with van der Waals surface area (Å²) in [5, 5.41) is 19.1. The molecule has 0 aliphatic heterocycles. The molecular formula is C17H9CaClN2O10S3Sr. The number of nitrogens with zero attached hydrogens (tertiary/aromatic N) is 2. The first-order chi connectivity index (χ1) is 15.0. The molecule has 18 heteroatoms. The summed E-state index contributed by atoms with van der Waals surface area (Å²) in [5.41, 5.74) is -1.47. The minimum Gasteiger partial charge on any atom is -0.870 e. The first kappa shape index (κ1) is 33.1. The summed E-state index contributed by atoms with van der Waals surface area (Å²) in [5.74, 6) is -1.42. The van der Waals surface area contributed by atoms with Crippen LogP contribution in [0, 0.1) is 6.92 Å². The molecule has 0 saturated heterocycles. The van der Waals surface area contributed by atoms with E-state index in [0.717, 1.165) is 24.3 Å². The molecule has 176 valence electrons. The summed E-state index contributed by atoms with van der Waals surface area (Å²) in [7, 11) is -15.5. The fraction of sp³-hybridized carbons (Fsp3) is 0.0588. The number of benzene rings is 3. The molecule has 0 N–H and O–H groups in total. The average Bonchev–Trinajstić information content (AvgIpc) is 2.66. The molecule has 3 rings (SSSR count). The molecule has 0 spiro atoms. The maximum atomic E-state index is 12.6. The average molecular weight is 661 g/mol. The zero-order chi connectivity index (χ0) is 24.9. The Kier molecular flexibility index (Phi) is 11.2. The van der Waals surface area contributed by atoms with E-state index in [1.807, 2.05) is 0 Å². The Hall–Kier alpha value is 0.0803. The molecule has 3 aromatic carbocycles. The van der Waals surface area contributed by atoms with E-state index in [0.29, 0.717) is 6.07 Å². The molecule has 0 heterocycles. The minimum absolute atomic E-state index is 0. The van der Waals surface area contributed by atoms with Crippen LogP contribution in [0.1, 0.15) is 5.56 Å². The fourth-order valence-corrected chi connectivity index (χ4v) is 5.08. The van der Waals surface area contributed by atoms with Crippen molar-refractivity contribution in [2.24, 2.45) is 10.2 Å². The molecule has 0 aliphatic carbocycles. The predicted molar refractivity (Wildman–Crippen MR) is 119 cm³/mol. The Morgan fingerprint density at radius 1 is 0.829 bits per heavy atom. The van der Waals surface area contributed by atoms with Gasteiger partial charge in [0.2, 0.25) is 0 Å². The second kappa shape index (κ2) is 11.9. The summed E-state index contributed by atoms with van der Waals surface area (Å²) in [6.07, 6.45) is 0. The molecule has 0 bridgehead atoms. The van der Waals surface area contributed by atoms with Crippen molar-refractivity contribution in [1.82, 2.24) is 0 Å². The van der Waals surface area contributed by atoms with Crippen LogP contribution in [0.4, 0.5) is 11.4 Å². The SMILES string of the molecule is Cc1c(Cl)ccc(N=Nc2c([O-])c(S(=O)(=O)[O-])cc3cc(S(=O)(=O)[O-])ccc23)c1S(=O)(=O)[O-].[Ca+2].[Sr+2]. The molecule has 35 heavy (non-hydrogen) atoms. The van der Waals surface area contributed by atoms with Gasteiger partial charge in [-0.25, -0.2) is 25.3 Å². The van der Waals surface area contributed by atoms with E-state index in [9.17, 15) is 44.0 Å². The number of rotatable bonds is 5. The van der Waals surface area contributed by atoms with Crippen molar-refractivity contribution in [3.05, 3.63) is 47.0 Å². The first-order valence-electron chi connectivity index (χ1n) is 8.38. The van der Waals surface area contributed by atoms with Crippen LogP contribution in [0.5, 0.6) is 5.75 Å². The molecule has 0 saturated carbocycles. The van der Waals surface area contributed by atoms with Crippen molar-refractivity contribution < 1.29 is 44.0 Å². The van der Waals surface area contributed by atoms with Gasteiger partial charge in [-0.1, -0.05) is 23.4 Å². The Labute approximate surface area is 271 Å². The normalized spacial score (nSPS) is 12.4. The summed E-state index contributed by atoms with van der Waals surface area (Å²) in [4.78, 5) is -2.94. The van der Waals surface area contributed by atoms with E-state index in [4.69, 9.17) is 11.6 Å². The van der Waals surface area contributed by atoms with Gasteiger partial charge in [-0.15, -0.1) is 5.11 Å². The van der Waals surface area contributed by atoms with Gasteiger partial charge in [0, 0.05) is 15.3 Å². The Balaban J connectivity index is 0.00000306. The Morgan fingerprint density at radius 3 is 1.94 bits per heavy atom. The van der Waals surface area contributed by atoms with Crippen LogP contribution in [0.15, 0.2) is 61.3 Å². The zero-order valence-corrected chi connectivity index (χ0v) is 26.3. The Morgan fingerprint density at radius 2 is 1.43 bits per heavy atom. The largest absolute Gasteiger partial charge is 2.00 e. The van der Waals surface area contributed by atoms with E-state index in [1.165, 1.54) is 13.0 Å². The molecule has 0 radical (unpaired) electrons. The van der Waals surface area contributed by atoms with E-state index >= 15 is 0 Å². The molecule has 0 fully saturated rings. The summed E-state index contributed by atoms with van der Waals surface area (Å²) >= 11 is 5.83. The molecular weight excluding hydrogens is 652 g/mol. The molecule has 0 aliphatic rings. The molecule has 0 atom stereocenters. The zero-order valence-electron chi connectivity index (χ0n) is 17.5. The smallest absolute Gasteiger partial charge is 0.870 e. The minimum atomic E-state index is -5.38. The quantitative estimate of drug-likeness (QED) is 0.216. The van der Waals surface area contributed by atoms with E-state index in [-0.39, 0.29) is 105 Å². The van der Waals surface area contributed by atoms with Gasteiger partial charge in [0.1, 0.15) is 36.0 Å². The van der Waals surface area contributed by atoms with Gasteiger partial charge in [0.25, 0.3) is 0 Å². The van der Waals surface area contributed by atoms with Crippen molar-refractivity contribution in [2.75, 3.05) is 0 Å². The van der Waals surface area contributed by atoms with E-state index in [2.05, 4.69) is 10.2 Å².